The number of nitrogens with zero attached hydrogens (tertiary/aromatic N) is 1. The number of halogens is 5. The minimum absolute atomic E-state index is 0. The van der Waals surface area contributed by atoms with Crippen molar-refractivity contribution in [3.8, 4) is 11.5 Å². The van der Waals surface area contributed by atoms with Gasteiger partial charge in [0.2, 0.25) is 0 Å². The molecule has 2 aromatic carbocycles. The van der Waals surface area contributed by atoms with Gasteiger partial charge in [0.25, 0.3) is 11.8 Å². The van der Waals surface area contributed by atoms with Gasteiger partial charge in [-0.2, -0.15) is 0 Å². The molecule has 14 heteroatoms. The van der Waals surface area contributed by atoms with Gasteiger partial charge in [-0.1, -0.05) is 23.2 Å². The van der Waals surface area contributed by atoms with Gasteiger partial charge in [-0.25, -0.2) is 18.1 Å². The van der Waals surface area contributed by atoms with E-state index in [1.54, 1.807) is 36.1 Å². The standard InChI is InChI=1S/C31H29Cl2F2N3O6.HI/c1-38-12-2-3-19(16-38)29(41)44-26-15-30(36-27(39)17-42-20-4-6-22(32)24(34)13-20)8-10-31(26,11-9-30)37-28(40)18-43-21-5-7-23(33)25(35)14-21;/h2-7,12-14,16,26H,8-11,15,17-18H2,1H3,(H-,36,37,39,40);1H. The molecule has 2 bridgehead atoms. The maximum Gasteiger partial charge on any atom is 0.344 e. The highest BCUT2D eigenvalue weighted by Crippen LogP contribution is 2.48. The fourth-order valence-corrected chi connectivity index (χ4v) is 6.00. The zero-order valence-electron chi connectivity index (χ0n) is 24.1. The van der Waals surface area contributed by atoms with Crippen LogP contribution in [0.1, 0.15) is 42.5 Å². The highest BCUT2D eigenvalue weighted by atomic mass is 127. The molecule has 45 heavy (non-hydrogen) atoms. The fourth-order valence-electron chi connectivity index (χ4n) is 5.77. The van der Waals surface area contributed by atoms with Crippen molar-refractivity contribution in [3.05, 3.63) is 88.2 Å². The Labute approximate surface area is 285 Å². The molecule has 0 spiro atoms. The molecule has 3 fully saturated rings. The van der Waals surface area contributed by atoms with Crippen LogP contribution in [0.15, 0.2) is 60.9 Å². The van der Waals surface area contributed by atoms with Crippen LogP contribution in [0.5, 0.6) is 11.5 Å². The normalized spacial score (nSPS) is 21.7. The lowest BCUT2D eigenvalue weighted by Crippen LogP contribution is -3.00. The number of pyridine rings is 1. The third-order valence-corrected chi connectivity index (χ3v) is 8.64. The number of hydrogen-bond donors (Lipinski definition) is 2. The minimum atomic E-state index is -0.915. The topological polar surface area (TPSA) is 107 Å². The Morgan fingerprint density at radius 3 is 1.98 bits per heavy atom. The summed E-state index contributed by atoms with van der Waals surface area (Å²) in [6, 6.07) is 11.1. The number of aryl methyl sites for hydroxylation is 1. The number of esters is 1. The Kier molecular flexibility index (Phi) is 11.1. The molecule has 1 unspecified atom stereocenters. The van der Waals surface area contributed by atoms with Crippen LogP contribution in [0.2, 0.25) is 10.0 Å². The van der Waals surface area contributed by atoms with Crippen LogP contribution in [0.4, 0.5) is 8.78 Å². The summed E-state index contributed by atoms with van der Waals surface area (Å²) in [7, 11) is 1.78. The number of amides is 2. The number of nitrogens with one attached hydrogen (secondary N) is 2. The smallest absolute Gasteiger partial charge is 0.344 e. The van der Waals surface area contributed by atoms with Gasteiger partial charge < -0.3 is 48.8 Å². The van der Waals surface area contributed by atoms with Gasteiger partial charge in [-0.3, -0.25) is 9.59 Å². The van der Waals surface area contributed by atoms with Crippen molar-refractivity contribution in [2.24, 2.45) is 7.05 Å². The summed E-state index contributed by atoms with van der Waals surface area (Å²) < 4.78 is 46.2. The molecule has 0 radical (unpaired) electrons. The lowest BCUT2D eigenvalue weighted by Gasteiger charge is -2.57. The maximum atomic E-state index is 13.8. The number of rotatable bonds is 10. The number of aromatic nitrogens is 1. The van der Waals surface area contributed by atoms with E-state index in [0.717, 1.165) is 12.1 Å². The van der Waals surface area contributed by atoms with E-state index in [1.165, 1.54) is 24.3 Å². The predicted octanol–water partition coefficient (Wildman–Crippen LogP) is 1.47. The number of fused-ring (bicyclic) bond motifs is 3. The minimum Gasteiger partial charge on any atom is -1.00 e. The summed E-state index contributed by atoms with van der Waals surface area (Å²) in [5.41, 5.74) is -1.31. The van der Waals surface area contributed by atoms with Gasteiger partial charge in [0.05, 0.1) is 15.6 Å². The summed E-state index contributed by atoms with van der Waals surface area (Å²) in [5.74, 6) is -2.53. The quantitative estimate of drug-likeness (QED) is 0.184. The first kappa shape index (κ1) is 34.6. The molecule has 240 valence electrons. The number of hydrogen-bond acceptors (Lipinski definition) is 6. The summed E-state index contributed by atoms with van der Waals surface area (Å²) in [6.45, 7) is -0.763. The zero-order valence-corrected chi connectivity index (χ0v) is 27.8. The van der Waals surface area contributed by atoms with Crippen molar-refractivity contribution in [2.75, 3.05) is 13.2 Å². The Bertz CT molecular complexity index is 1590. The number of benzene rings is 2. The fraction of sp³-hybridized carbons (Fsp3) is 0.355. The van der Waals surface area contributed by atoms with E-state index in [9.17, 15) is 23.2 Å². The monoisotopic (exact) mass is 775 g/mol. The summed E-state index contributed by atoms with van der Waals surface area (Å²) in [6.07, 6.45) is 4.64. The van der Waals surface area contributed by atoms with Crippen molar-refractivity contribution >= 4 is 41.0 Å². The molecule has 3 aromatic rings. The second kappa shape index (κ2) is 14.5. The third kappa shape index (κ3) is 8.33. The zero-order chi connectivity index (χ0) is 31.5. The van der Waals surface area contributed by atoms with Crippen molar-refractivity contribution in [1.82, 2.24) is 10.6 Å². The Hall–Kier alpha value is -3.23. The van der Waals surface area contributed by atoms with Gasteiger partial charge in [-0.15, -0.1) is 0 Å². The lowest BCUT2D eigenvalue weighted by molar-refractivity contribution is -0.671. The van der Waals surface area contributed by atoms with Crippen molar-refractivity contribution in [1.29, 1.82) is 0 Å². The average Bonchev–Trinajstić information content (AvgIpc) is 2.99. The predicted molar refractivity (Wildman–Crippen MR) is 155 cm³/mol. The summed E-state index contributed by atoms with van der Waals surface area (Å²) >= 11 is 11.4. The molecule has 1 aromatic heterocycles. The average molecular weight is 776 g/mol. The van der Waals surface area contributed by atoms with E-state index in [-0.39, 0.29) is 58.5 Å². The van der Waals surface area contributed by atoms with Crippen molar-refractivity contribution < 1.29 is 65.9 Å². The van der Waals surface area contributed by atoms with Crippen LogP contribution in [-0.4, -0.2) is 48.2 Å². The van der Waals surface area contributed by atoms with Crippen molar-refractivity contribution in [3.63, 3.8) is 0 Å². The van der Waals surface area contributed by atoms with E-state index >= 15 is 0 Å². The van der Waals surface area contributed by atoms with Gasteiger partial charge in [0.1, 0.15) is 41.8 Å². The first-order valence-corrected chi connectivity index (χ1v) is 14.7. The van der Waals surface area contributed by atoms with Crippen LogP contribution < -0.4 is 48.7 Å². The van der Waals surface area contributed by atoms with Gasteiger partial charge in [-0.05, 0) is 56.0 Å². The third-order valence-electron chi connectivity index (χ3n) is 8.03. The molecular weight excluding hydrogens is 746 g/mol. The number of carbonyl (C=O) groups is 3. The second-order valence-electron chi connectivity index (χ2n) is 11.1. The Morgan fingerprint density at radius 2 is 1.44 bits per heavy atom. The molecule has 3 aliphatic carbocycles. The van der Waals surface area contributed by atoms with Crippen molar-refractivity contribution in [2.45, 2.75) is 49.3 Å². The largest absolute Gasteiger partial charge is 1.00 e. The highest BCUT2D eigenvalue weighted by molar-refractivity contribution is 6.31. The highest BCUT2D eigenvalue weighted by Gasteiger charge is 2.57. The molecule has 1 atom stereocenters. The molecule has 3 saturated carbocycles. The van der Waals surface area contributed by atoms with E-state index in [1.807, 2.05) is 0 Å². The van der Waals surface area contributed by atoms with Gasteiger partial charge in [0, 0.05) is 30.2 Å². The molecular formula is C31H30Cl2F2IN3O6. The number of carbonyl (C=O) groups excluding carboxylic acids is 3. The molecule has 3 aliphatic rings. The lowest BCUT2D eigenvalue weighted by atomic mass is 9.59. The molecule has 0 saturated heterocycles. The summed E-state index contributed by atoms with van der Waals surface area (Å²) in [4.78, 5) is 39.2. The molecule has 2 amide bonds. The van der Waals surface area contributed by atoms with E-state index < -0.39 is 53.2 Å². The Morgan fingerprint density at radius 1 is 0.889 bits per heavy atom. The van der Waals surface area contributed by atoms with E-state index in [0.29, 0.717) is 31.2 Å². The maximum absolute atomic E-state index is 13.8. The van der Waals surface area contributed by atoms with E-state index in [2.05, 4.69) is 10.6 Å². The molecule has 2 N–H and O–H groups in total. The first-order chi connectivity index (χ1) is 21.0. The molecule has 9 nitrogen and oxygen atoms in total. The SMILES string of the molecule is C[n+]1cccc(C(=O)OC2CC3(NC(=O)COc4ccc(Cl)c(F)c4)CCC2(NC(=O)COc2ccc(Cl)c(F)c2)CC3)c1.[I-]. The summed E-state index contributed by atoms with van der Waals surface area (Å²) in [5, 5.41) is 5.92. The van der Waals surface area contributed by atoms with Crippen LogP contribution in [0.25, 0.3) is 0 Å². The first-order valence-electron chi connectivity index (χ1n) is 13.9. The molecule has 6 rings (SSSR count). The van der Waals surface area contributed by atoms with Gasteiger partial charge in [0.15, 0.2) is 25.6 Å². The van der Waals surface area contributed by atoms with Gasteiger partial charge >= 0.3 is 5.97 Å². The van der Waals surface area contributed by atoms with Crippen LogP contribution in [0.3, 0.4) is 0 Å². The molecule has 1 heterocycles. The number of ether oxygens (including phenoxy) is 3. The molecule has 0 aliphatic heterocycles. The van der Waals surface area contributed by atoms with E-state index in [4.69, 9.17) is 37.4 Å². The second-order valence-corrected chi connectivity index (χ2v) is 11.9. The van der Waals surface area contributed by atoms with Crippen LogP contribution >= 0.6 is 23.2 Å². The van der Waals surface area contributed by atoms with Crippen LogP contribution in [-0.2, 0) is 21.4 Å². The Balaban J connectivity index is 0.00000461. The van der Waals surface area contributed by atoms with Crippen LogP contribution in [0, 0.1) is 11.6 Å².